The SMILES string of the molecule is Cc1ccc(O)c(/C=N/NC(N)=O)c1. The van der Waals surface area contributed by atoms with E-state index in [4.69, 9.17) is 5.73 Å². The molecule has 74 valence electrons. The molecule has 5 heteroatoms. The molecule has 14 heavy (non-hydrogen) atoms. The molecule has 1 aromatic carbocycles. The second-order valence-electron chi connectivity index (χ2n) is 2.80. The molecule has 0 aliphatic carbocycles. The normalized spacial score (nSPS) is 10.4. The van der Waals surface area contributed by atoms with Gasteiger partial charge in [0.1, 0.15) is 5.75 Å². The molecule has 0 bridgehead atoms. The third-order valence-corrected chi connectivity index (χ3v) is 1.56. The predicted molar refractivity (Wildman–Crippen MR) is 53.2 cm³/mol. The number of benzene rings is 1. The summed E-state index contributed by atoms with van der Waals surface area (Å²) < 4.78 is 0. The summed E-state index contributed by atoms with van der Waals surface area (Å²) in [6.45, 7) is 1.89. The number of nitrogens with two attached hydrogens (primary N) is 1. The lowest BCUT2D eigenvalue weighted by Gasteiger charge is -1.99. The average Bonchev–Trinajstić information content (AvgIpc) is 2.10. The van der Waals surface area contributed by atoms with Crippen LogP contribution in [0.5, 0.6) is 5.75 Å². The van der Waals surface area contributed by atoms with Gasteiger partial charge < -0.3 is 10.8 Å². The van der Waals surface area contributed by atoms with Crippen LogP contribution in [-0.4, -0.2) is 17.4 Å². The molecule has 0 atom stereocenters. The number of hydrogen-bond acceptors (Lipinski definition) is 3. The van der Waals surface area contributed by atoms with E-state index in [0.717, 1.165) is 5.56 Å². The van der Waals surface area contributed by atoms with E-state index in [0.29, 0.717) is 5.56 Å². The summed E-state index contributed by atoms with van der Waals surface area (Å²) in [7, 11) is 0. The Morgan fingerprint density at radius 1 is 1.64 bits per heavy atom. The minimum atomic E-state index is -0.742. The summed E-state index contributed by atoms with van der Waals surface area (Å²) >= 11 is 0. The molecule has 0 aliphatic heterocycles. The van der Waals surface area contributed by atoms with Crippen molar-refractivity contribution in [3.05, 3.63) is 29.3 Å². The number of phenolic OH excluding ortho intramolecular Hbond substituents is 1. The molecule has 5 nitrogen and oxygen atoms in total. The summed E-state index contributed by atoms with van der Waals surface area (Å²) in [5.41, 5.74) is 8.35. The van der Waals surface area contributed by atoms with E-state index in [-0.39, 0.29) is 5.75 Å². The molecule has 0 fully saturated rings. The average molecular weight is 193 g/mol. The lowest BCUT2D eigenvalue weighted by molar-refractivity contribution is 0.249. The van der Waals surface area contributed by atoms with Crippen LogP contribution in [0.4, 0.5) is 4.79 Å². The van der Waals surface area contributed by atoms with Crippen molar-refractivity contribution in [3.63, 3.8) is 0 Å². The van der Waals surface area contributed by atoms with Gasteiger partial charge in [0, 0.05) is 5.56 Å². The maximum Gasteiger partial charge on any atom is 0.332 e. The molecule has 0 heterocycles. The molecule has 0 spiro atoms. The van der Waals surface area contributed by atoms with Gasteiger partial charge >= 0.3 is 6.03 Å². The number of primary amides is 1. The minimum absolute atomic E-state index is 0.102. The summed E-state index contributed by atoms with van der Waals surface area (Å²) in [6.07, 6.45) is 1.33. The fourth-order valence-corrected chi connectivity index (χ4v) is 0.943. The standard InChI is InChI=1S/C9H11N3O2/c1-6-2-3-8(13)7(4-6)5-11-12-9(10)14/h2-5,13H,1H3,(H3,10,12,14)/b11-5+. The number of phenols is 1. The first kappa shape index (κ1) is 10.0. The van der Waals surface area contributed by atoms with Crippen LogP contribution in [0.15, 0.2) is 23.3 Å². The number of hydrazone groups is 1. The molecule has 1 rings (SSSR count). The Kier molecular flexibility index (Phi) is 3.06. The highest BCUT2D eigenvalue weighted by atomic mass is 16.3. The molecule has 0 radical (unpaired) electrons. The van der Waals surface area contributed by atoms with Crippen molar-refractivity contribution in [2.45, 2.75) is 6.92 Å². The zero-order chi connectivity index (χ0) is 10.6. The Hall–Kier alpha value is -2.04. The van der Waals surface area contributed by atoms with E-state index in [2.05, 4.69) is 5.10 Å². The monoisotopic (exact) mass is 193 g/mol. The second kappa shape index (κ2) is 4.27. The van der Waals surface area contributed by atoms with Crippen molar-refractivity contribution in [3.8, 4) is 5.75 Å². The van der Waals surface area contributed by atoms with E-state index in [1.54, 1.807) is 18.2 Å². The van der Waals surface area contributed by atoms with E-state index < -0.39 is 6.03 Å². The van der Waals surface area contributed by atoms with Crippen molar-refractivity contribution < 1.29 is 9.90 Å². The number of aromatic hydroxyl groups is 1. The Morgan fingerprint density at radius 2 is 2.36 bits per heavy atom. The third kappa shape index (κ3) is 2.78. The van der Waals surface area contributed by atoms with Crippen LogP contribution >= 0.6 is 0 Å². The zero-order valence-electron chi connectivity index (χ0n) is 7.69. The third-order valence-electron chi connectivity index (χ3n) is 1.56. The van der Waals surface area contributed by atoms with Gasteiger partial charge in [0.25, 0.3) is 0 Å². The van der Waals surface area contributed by atoms with E-state index in [9.17, 15) is 9.90 Å². The van der Waals surface area contributed by atoms with Gasteiger partial charge in [-0.3, -0.25) is 0 Å². The molecule has 2 amide bonds. The Bertz CT molecular complexity index is 374. The minimum Gasteiger partial charge on any atom is -0.507 e. The smallest absolute Gasteiger partial charge is 0.332 e. The summed E-state index contributed by atoms with van der Waals surface area (Å²) in [4.78, 5) is 10.3. The highest BCUT2D eigenvalue weighted by Crippen LogP contribution is 2.15. The largest absolute Gasteiger partial charge is 0.507 e. The van der Waals surface area contributed by atoms with Crippen LogP contribution in [0.1, 0.15) is 11.1 Å². The number of amides is 2. The van der Waals surface area contributed by atoms with Crippen LogP contribution in [0, 0.1) is 6.92 Å². The quantitative estimate of drug-likeness (QED) is 0.477. The molecule has 0 saturated heterocycles. The van der Waals surface area contributed by atoms with Crippen LogP contribution in [-0.2, 0) is 0 Å². The van der Waals surface area contributed by atoms with Crippen molar-refractivity contribution in [2.75, 3.05) is 0 Å². The van der Waals surface area contributed by atoms with Crippen LogP contribution < -0.4 is 11.2 Å². The number of hydrogen-bond donors (Lipinski definition) is 3. The number of rotatable bonds is 2. The summed E-state index contributed by atoms with van der Waals surface area (Å²) in [5, 5.41) is 12.9. The van der Waals surface area contributed by atoms with Crippen molar-refractivity contribution >= 4 is 12.2 Å². The maximum atomic E-state index is 10.3. The molecule has 0 aliphatic rings. The van der Waals surface area contributed by atoms with Crippen LogP contribution in [0.25, 0.3) is 0 Å². The Morgan fingerprint density at radius 3 is 3.00 bits per heavy atom. The van der Waals surface area contributed by atoms with Gasteiger partial charge in [0.2, 0.25) is 0 Å². The van der Waals surface area contributed by atoms with Crippen molar-refractivity contribution in [1.29, 1.82) is 0 Å². The van der Waals surface area contributed by atoms with Gasteiger partial charge in [-0.25, -0.2) is 10.2 Å². The zero-order valence-corrected chi connectivity index (χ0v) is 7.69. The molecular weight excluding hydrogens is 182 g/mol. The van der Waals surface area contributed by atoms with E-state index in [1.807, 2.05) is 12.3 Å². The fraction of sp³-hybridized carbons (Fsp3) is 0.111. The maximum absolute atomic E-state index is 10.3. The van der Waals surface area contributed by atoms with Crippen LogP contribution in [0.3, 0.4) is 0 Å². The summed E-state index contributed by atoms with van der Waals surface area (Å²) in [6, 6.07) is 4.32. The van der Waals surface area contributed by atoms with Gasteiger partial charge in [-0.15, -0.1) is 0 Å². The molecule has 0 saturated carbocycles. The topological polar surface area (TPSA) is 87.7 Å². The highest BCUT2D eigenvalue weighted by molar-refractivity contribution is 5.84. The number of nitrogens with one attached hydrogen (secondary N) is 1. The molecular formula is C9H11N3O2. The number of nitrogens with zero attached hydrogens (tertiary/aromatic N) is 1. The number of carbonyl (C=O) groups excluding carboxylic acids is 1. The fourth-order valence-electron chi connectivity index (χ4n) is 0.943. The number of urea groups is 1. The lowest BCUT2D eigenvalue weighted by Crippen LogP contribution is -2.24. The summed E-state index contributed by atoms with van der Waals surface area (Å²) in [5.74, 6) is 0.102. The first-order chi connectivity index (χ1) is 6.59. The number of aryl methyl sites for hydroxylation is 1. The van der Waals surface area contributed by atoms with Gasteiger partial charge in [-0.2, -0.15) is 5.10 Å². The molecule has 4 N–H and O–H groups in total. The van der Waals surface area contributed by atoms with Crippen molar-refractivity contribution in [2.24, 2.45) is 10.8 Å². The van der Waals surface area contributed by atoms with Gasteiger partial charge in [-0.1, -0.05) is 11.6 Å². The first-order valence-electron chi connectivity index (χ1n) is 3.97. The van der Waals surface area contributed by atoms with Crippen molar-refractivity contribution in [1.82, 2.24) is 5.43 Å². The van der Waals surface area contributed by atoms with Crippen LogP contribution in [0.2, 0.25) is 0 Å². The Labute approximate surface area is 81.2 Å². The molecule has 0 unspecified atom stereocenters. The van der Waals surface area contributed by atoms with Gasteiger partial charge in [-0.05, 0) is 19.1 Å². The van der Waals surface area contributed by atoms with E-state index in [1.165, 1.54) is 6.21 Å². The highest BCUT2D eigenvalue weighted by Gasteiger charge is 1.97. The Balaban J connectivity index is 2.80. The molecule has 0 aromatic heterocycles. The lowest BCUT2D eigenvalue weighted by atomic mass is 10.1. The van der Waals surface area contributed by atoms with Gasteiger partial charge in [0.05, 0.1) is 6.21 Å². The van der Waals surface area contributed by atoms with Gasteiger partial charge in [0.15, 0.2) is 0 Å². The predicted octanol–water partition coefficient (Wildman–Crippen LogP) is 0.703. The number of carbonyl (C=O) groups is 1. The van der Waals surface area contributed by atoms with E-state index >= 15 is 0 Å². The first-order valence-corrected chi connectivity index (χ1v) is 3.97. The second-order valence-corrected chi connectivity index (χ2v) is 2.80. The molecule has 1 aromatic rings.